The van der Waals surface area contributed by atoms with Crippen LogP contribution in [-0.2, 0) is 6.54 Å². The highest BCUT2D eigenvalue weighted by molar-refractivity contribution is 5.27. The number of benzene rings is 1. The number of nitrogens with one attached hydrogen (secondary N) is 1. The van der Waals surface area contributed by atoms with Gasteiger partial charge in [0.05, 0.1) is 0 Å². The highest BCUT2D eigenvalue weighted by Gasteiger charge is 2.10. The van der Waals surface area contributed by atoms with Gasteiger partial charge < -0.3 is 10.1 Å². The average Bonchev–Trinajstić information content (AvgIpc) is 2.93. The van der Waals surface area contributed by atoms with Crippen LogP contribution in [0.5, 0.6) is 5.75 Å². The van der Waals surface area contributed by atoms with Crippen molar-refractivity contribution in [3.8, 4) is 5.75 Å². The maximum absolute atomic E-state index is 5.80. The van der Waals surface area contributed by atoms with Gasteiger partial charge in [-0.2, -0.15) is 0 Å². The molecular formula is C17H28N2O. The van der Waals surface area contributed by atoms with Crippen molar-refractivity contribution in [3.05, 3.63) is 29.8 Å². The van der Waals surface area contributed by atoms with E-state index in [1.54, 1.807) is 0 Å². The van der Waals surface area contributed by atoms with Gasteiger partial charge in [-0.25, -0.2) is 0 Å². The second-order valence-electron chi connectivity index (χ2n) is 6.07. The van der Waals surface area contributed by atoms with Crippen molar-refractivity contribution in [1.29, 1.82) is 0 Å². The van der Waals surface area contributed by atoms with Crippen LogP contribution >= 0.6 is 0 Å². The average molecular weight is 276 g/mol. The van der Waals surface area contributed by atoms with Gasteiger partial charge in [0.25, 0.3) is 0 Å². The molecule has 0 saturated carbocycles. The van der Waals surface area contributed by atoms with E-state index in [1.807, 2.05) is 0 Å². The molecule has 1 saturated heterocycles. The SMILES string of the molecule is CC(C)CNCc1ccc(OCCN2CCCC2)cc1. The summed E-state index contributed by atoms with van der Waals surface area (Å²) in [6.07, 6.45) is 2.69. The second kappa shape index (κ2) is 8.28. The number of nitrogens with zero attached hydrogens (tertiary/aromatic N) is 1. The lowest BCUT2D eigenvalue weighted by Crippen LogP contribution is -2.25. The lowest BCUT2D eigenvalue weighted by atomic mass is 10.2. The van der Waals surface area contributed by atoms with Crippen molar-refractivity contribution >= 4 is 0 Å². The summed E-state index contributed by atoms with van der Waals surface area (Å²) >= 11 is 0. The third-order valence-corrected chi connectivity index (χ3v) is 3.68. The fourth-order valence-corrected chi connectivity index (χ4v) is 2.51. The molecule has 1 aromatic carbocycles. The molecule has 1 aliphatic heterocycles. The zero-order valence-electron chi connectivity index (χ0n) is 12.9. The predicted molar refractivity (Wildman–Crippen MR) is 84.2 cm³/mol. The van der Waals surface area contributed by atoms with E-state index in [0.29, 0.717) is 5.92 Å². The first-order valence-corrected chi connectivity index (χ1v) is 7.89. The first-order chi connectivity index (χ1) is 9.74. The van der Waals surface area contributed by atoms with Gasteiger partial charge in [-0.15, -0.1) is 0 Å². The third kappa shape index (κ3) is 5.51. The Morgan fingerprint density at radius 1 is 1.15 bits per heavy atom. The Bertz CT molecular complexity index is 369. The highest BCUT2D eigenvalue weighted by Crippen LogP contribution is 2.13. The molecule has 112 valence electrons. The van der Waals surface area contributed by atoms with Crippen LogP contribution in [-0.4, -0.2) is 37.7 Å². The normalized spacial score (nSPS) is 15.9. The van der Waals surface area contributed by atoms with Crippen LogP contribution in [0, 0.1) is 5.92 Å². The van der Waals surface area contributed by atoms with Gasteiger partial charge in [0.1, 0.15) is 12.4 Å². The van der Waals surface area contributed by atoms with E-state index in [9.17, 15) is 0 Å². The summed E-state index contributed by atoms with van der Waals surface area (Å²) in [6.45, 7) is 10.8. The molecule has 3 heteroatoms. The van der Waals surface area contributed by atoms with Crippen LogP contribution in [0.2, 0.25) is 0 Å². The monoisotopic (exact) mass is 276 g/mol. The molecule has 0 amide bonds. The molecule has 3 nitrogen and oxygen atoms in total. The molecule has 0 radical (unpaired) electrons. The predicted octanol–water partition coefficient (Wildman–Crippen LogP) is 2.91. The van der Waals surface area contributed by atoms with E-state index in [1.165, 1.54) is 31.5 Å². The molecule has 1 aromatic rings. The van der Waals surface area contributed by atoms with E-state index in [2.05, 4.69) is 48.3 Å². The first-order valence-electron chi connectivity index (χ1n) is 7.89. The first kappa shape index (κ1) is 15.3. The van der Waals surface area contributed by atoms with Crippen LogP contribution in [0.4, 0.5) is 0 Å². The maximum Gasteiger partial charge on any atom is 0.119 e. The standard InChI is InChI=1S/C17H28N2O/c1-15(2)13-18-14-16-5-7-17(8-6-16)20-12-11-19-9-3-4-10-19/h5-8,15,18H,3-4,9-14H2,1-2H3. The second-order valence-corrected chi connectivity index (χ2v) is 6.07. The quantitative estimate of drug-likeness (QED) is 0.790. The molecular weight excluding hydrogens is 248 g/mol. The van der Waals surface area contributed by atoms with Gasteiger partial charge in [-0.05, 0) is 56.1 Å². The summed E-state index contributed by atoms with van der Waals surface area (Å²) < 4.78 is 5.80. The van der Waals surface area contributed by atoms with E-state index in [-0.39, 0.29) is 0 Å². The number of hydrogen-bond donors (Lipinski definition) is 1. The largest absolute Gasteiger partial charge is 0.492 e. The molecule has 0 spiro atoms. The summed E-state index contributed by atoms with van der Waals surface area (Å²) in [5.74, 6) is 1.68. The molecule has 0 aliphatic carbocycles. The van der Waals surface area contributed by atoms with Gasteiger partial charge in [-0.3, -0.25) is 4.90 Å². The molecule has 2 rings (SSSR count). The summed E-state index contributed by atoms with van der Waals surface area (Å²) in [4.78, 5) is 2.48. The molecule has 1 heterocycles. The topological polar surface area (TPSA) is 24.5 Å². The molecule has 0 aromatic heterocycles. The smallest absolute Gasteiger partial charge is 0.119 e. The number of ether oxygens (including phenoxy) is 1. The van der Waals surface area contributed by atoms with Crippen LogP contribution in [0.1, 0.15) is 32.3 Å². The molecule has 0 bridgehead atoms. The van der Waals surface area contributed by atoms with Gasteiger partial charge in [-0.1, -0.05) is 26.0 Å². The molecule has 1 aliphatic rings. The van der Waals surface area contributed by atoms with Crippen molar-refractivity contribution in [2.45, 2.75) is 33.2 Å². The molecule has 1 fully saturated rings. The molecule has 0 atom stereocenters. The minimum Gasteiger partial charge on any atom is -0.492 e. The lowest BCUT2D eigenvalue weighted by Gasteiger charge is -2.15. The van der Waals surface area contributed by atoms with Crippen molar-refractivity contribution in [1.82, 2.24) is 10.2 Å². The Hall–Kier alpha value is -1.06. The zero-order chi connectivity index (χ0) is 14.2. The van der Waals surface area contributed by atoms with Crippen LogP contribution in [0.15, 0.2) is 24.3 Å². The summed E-state index contributed by atoms with van der Waals surface area (Å²) in [5, 5.41) is 3.45. The Balaban J connectivity index is 1.65. The Kier molecular flexibility index (Phi) is 6.34. The number of likely N-dealkylation sites (tertiary alicyclic amines) is 1. The van der Waals surface area contributed by atoms with Crippen molar-refractivity contribution in [2.75, 3.05) is 32.8 Å². The summed E-state index contributed by atoms with van der Waals surface area (Å²) in [7, 11) is 0. The van der Waals surface area contributed by atoms with Crippen molar-refractivity contribution in [3.63, 3.8) is 0 Å². The number of hydrogen-bond acceptors (Lipinski definition) is 3. The zero-order valence-corrected chi connectivity index (χ0v) is 12.9. The van der Waals surface area contributed by atoms with Gasteiger partial charge in [0.15, 0.2) is 0 Å². The maximum atomic E-state index is 5.80. The van der Waals surface area contributed by atoms with Gasteiger partial charge in [0.2, 0.25) is 0 Å². The Labute approximate surface area is 123 Å². The number of rotatable bonds is 8. The minimum absolute atomic E-state index is 0.697. The summed E-state index contributed by atoms with van der Waals surface area (Å²) in [5.41, 5.74) is 1.32. The van der Waals surface area contributed by atoms with Gasteiger partial charge >= 0.3 is 0 Å². The fraction of sp³-hybridized carbons (Fsp3) is 0.647. The lowest BCUT2D eigenvalue weighted by molar-refractivity contribution is 0.238. The van der Waals surface area contributed by atoms with E-state index >= 15 is 0 Å². The van der Waals surface area contributed by atoms with Crippen LogP contribution in [0.25, 0.3) is 0 Å². The third-order valence-electron chi connectivity index (χ3n) is 3.68. The van der Waals surface area contributed by atoms with Gasteiger partial charge in [0, 0.05) is 13.1 Å². The van der Waals surface area contributed by atoms with Crippen molar-refractivity contribution in [2.24, 2.45) is 5.92 Å². The van der Waals surface area contributed by atoms with Crippen molar-refractivity contribution < 1.29 is 4.74 Å². The minimum atomic E-state index is 0.697. The molecule has 0 unspecified atom stereocenters. The van der Waals surface area contributed by atoms with E-state index in [0.717, 1.165) is 32.0 Å². The fourth-order valence-electron chi connectivity index (χ4n) is 2.51. The Morgan fingerprint density at radius 3 is 2.50 bits per heavy atom. The summed E-state index contributed by atoms with van der Waals surface area (Å²) in [6, 6.07) is 8.46. The van der Waals surface area contributed by atoms with E-state index < -0.39 is 0 Å². The molecule has 20 heavy (non-hydrogen) atoms. The van der Waals surface area contributed by atoms with E-state index in [4.69, 9.17) is 4.74 Å². The molecule has 1 N–H and O–H groups in total. The van der Waals surface area contributed by atoms with Crippen LogP contribution in [0.3, 0.4) is 0 Å². The Morgan fingerprint density at radius 2 is 1.85 bits per heavy atom. The highest BCUT2D eigenvalue weighted by atomic mass is 16.5. The van der Waals surface area contributed by atoms with Crippen LogP contribution < -0.4 is 10.1 Å².